The van der Waals surface area contributed by atoms with Crippen LogP contribution in [-0.4, -0.2) is 29.6 Å². The number of hydrogen-bond donors (Lipinski definition) is 2. The first-order valence-electron chi connectivity index (χ1n) is 9.27. The SMILES string of the molecule is CCCCn1c(SCC(=O)Nc2ccc(C#N)cc2)nc2cc(S(N)(=O)=O)ccc21. The number of unbranched alkanes of at least 4 members (excludes halogenated alkanes) is 1. The van der Waals surface area contributed by atoms with Crippen LogP contribution in [0.25, 0.3) is 11.0 Å². The Bertz CT molecular complexity index is 1210. The zero-order valence-corrected chi connectivity index (χ0v) is 18.0. The normalized spacial score (nSPS) is 11.4. The summed E-state index contributed by atoms with van der Waals surface area (Å²) in [5.41, 5.74) is 2.45. The molecule has 3 aromatic rings. The molecule has 1 aromatic heterocycles. The molecule has 3 rings (SSSR count). The molecule has 0 saturated heterocycles. The zero-order chi connectivity index (χ0) is 21.7. The molecule has 0 spiro atoms. The number of carbonyl (C=O) groups is 1. The van der Waals surface area contributed by atoms with E-state index in [-0.39, 0.29) is 16.6 Å². The highest BCUT2D eigenvalue weighted by Gasteiger charge is 2.16. The van der Waals surface area contributed by atoms with Crippen LogP contribution in [0.15, 0.2) is 52.5 Å². The van der Waals surface area contributed by atoms with Gasteiger partial charge in [-0.3, -0.25) is 4.79 Å². The average Bonchev–Trinajstić information content (AvgIpc) is 3.07. The molecule has 0 atom stereocenters. The highest BCUT2D eigenvalue weighted by atomic mass is 32.2. The first-order chi connectivity index (χ1) is 14.3. The van der Waals surface area contributed by atoms with Crippen molar-refractivity contribution in [2.45, 2.75) is 36.4 Å². The third kappa shape index (κ3) is 5.18. The van der Waals surface area contributed by atoms with E-state index in [0.717, 1.165) is 18.4 Å². The predicted octanol–water partition coefficient (Wildman–Crippen LogP) is 3.09. The number of aryl methyl sites for hydroxylation is 1. The second-order valence-electron chi connectivity index (χ2n) is 6.62. The van der Waals surface area contributed by atoms with Crippen LogP contribution < -0.4 is 10.5 Å². The van der Waals surface area contributed by atoms with Gasteiger partial charge in [-0.1, -0.05) is 25.1 Å². The number of amides is 1. The van der Waals surface area contributed by atoms with E-state index in [0.29, 0.717) is 28.5 Å². The zero-order valence-electron chi connectivity index (χ0n) is 16.3. The van der Waals surface area contributed by atoms with Crippen LogP contribution >= 0.6 is 11.8 Å². The summed E-state index contributed by atoms with van der Waals surface area (Å²) in [5, 5.41) is 17.5. The highest BCUT2D eigenvalue weighted by molar-refractivity contribution is 7.99. The molecule has 8 nitrogen and oxygen atoms in total. The molecule has 0 aliphatic carbocycles. The van der Waals surface area contributed by atoms with Crippen LogP contribution in [0, 0.1) is 11.3 Å². The summed E-state index contributed by atoms with van der Waals surface area (Å²) in [4.78, 5) is 16.9. The van der Waals surface area contributed by atoms with E-state index < -0.39 is 10.0 Å². The van der Waals surface area contributed by atoms with Crippen molar-refractivity contribution in [2.75, 3.05) is 11.1 Å². The van der Waals surface area contributed by atoms with Crippen molar-refractivity contribution >= 4 is 44.4 Å². The van der Waals surface area contributed by atoms with Gasteiger partial charge in [0.2, 0.25) is 15.9 Å². The maximum Gasteiger partial charge on any atom is 0.238 e. The lowest BCUT2D eigenvalue weighted by molar-refractivity contribution is -0.113. The van der Waals surface area contributed by atoms with Crippen molar-refractivity contribution < 1.29 is 13.2 Å². The van der Waals surface area contributed by atoms with Crippen LogP contribution in [0.2, 0.25) is 0 Å². The fourth-order valence-electron chi connectivity index (χ4n) is 2.86. The number of aromatic nitrogens is 2. The first-order valence-corrected chi connectivity index (χ1v) is 11.8. The Kier molecular flexibility index (Phi) is 6.77. The number of sulfonamides is 1. The number of rotatable bonds is 8. The number of thioether (sulfide) groups is 1. The minimum Gasteiger partial charge on any atom is -0.325 e. The molecular weight excluding hydrogens is 422 g/mol. The van der Waals surface area contributed by atoms with Gasteiger partial charge in [-0.25, -0.2) is 18.5 Å². The van der Waals surface area contributed by atoms with E-state index in [1.54, 1.807) is 30.3 Å². The maximum absolute atomic E-state index is 12.3. The third-order valence-corrected chi connectivity index (χ3v) is 6.27. The molecule has 10 heteroatoms. The van der Waals surface area contributed by atoms with Gasteiger partial charge in [-0.2, -0.15) is 5.26 Å². The van der Waals surface area contributed by atoms with E-state index in [9.17, 15) is 13.2 Å². The fourth-order valence-corrected chi connectivity index (χ4v) is 4.24. The van der Waals surface area contributed by atoms with E-state index in [1.165, 1.54) is 23.9 Å². The van der Waals surface area contributed by atoms with Gasteiger partial charge >= 0.3 is 0 Å². The molecular formula is C20H21N5O3S2. The Morgan fingerprint density at radius 2 is 2.00 bits per heavy atom. The molecule has 1 heterocycles. The van der Waals surface area contributed by atoms with Gasteiger partial charge in [0.05, 0.1) is 33.3 Å². The smallest absolute Gasteiger partial charge is 0.238 e. The van der Waals surface area contributed by atoms with Gasteiger partial charge in [0, 0.05) is 12.2 Å². The van der Waals surface area contributed by atoms with Crippen LogP contribution in [0.3, 0.4) is 0 Å². The summed E-state index contributed by atoms with van der Waals surface area (Å²) in [6, 6.07) is 13.3. The Morgan fingerprint density at radius 3 is 2.63 bits per heavy atom. The van der Waals surface area contributed by atoms with Crippen molar-refractivity contribution in [1.82, 2.24) is 9.55 Å². The summed E-state index contributed by atoms with van der Waals surface area (Å²) >= 11 is 1.28. The molecule has 2 aromatic carbocycles. The summed E-state index contributed by atoms with van der Waals surface area (Å²) in [6.45, 7) is 2.79. The molecule has 1 amide bonds. The minimum absolute atomic E-state index is 0.00486. The number of benzene rings is 2. The van der Waals surface area contributed by atoms with Crippen molar-refractivity contribution in [2.24, 2.45) is 5.14 Å². The molecule has 0 aliphatic rings. The highest BCUT2D eigenvalue weighted by Crippen LogP contribution is 2.26. The number of nitriles is 1. The predicted molar refractivity (Wildman–Crippen MR) is 117 cm³/mol. The Labute approximate surface area is 179 Å². The number of hydrogen-bond acceptors (Lipinski definition) is 6. The largest absolute Gasteiger partial charge is 0.325 e. The second kappa shape index (κ2) is 9.30. The van der Waals surface area contributed by atoms with Crippen molar-refractivity contribution in [3.63, 3.8) is 0 Å². The molecule has 156 valence electrons. The molecule has 0 bridgehead atoms. The lowest BCUT2D eigenvalue weighted by atomic mass is 10.2. The van der Waals surface area contributed by atoms with Crippen LogP contribution in [0.4, 0.5) is 5.69 Å². The molecule has 0 fully saturated rings. The van der Waals surface area contributed by atoms with Gasteiger partial charge < -0.3 is 9.88 Å². The number of nitrogens with two attached hydrogens (primary N) is 1. The summed E-state index contributed by atoms with van der Waals surface area (Å²) in [7, 11) is -3.82. The number of imidazole rings is 1. The van der Waals surface area contributed by atoms with Crippen molar-refractivity contribution in [3.8, 4) is 6.07 Å². The number of fused-ring (bicyclic) bond motifs is 1. The fraction of sp³-hybridized carbons (Fsp3) is 0.250. The molecule has 30 heavy (non-hydrogen) atoms. The summed E-state index contributed by atoms with van der Waals surface area (Å²) in [6.07, 6.45) is 1.91. The van der Waals surface area contributed by atoms with E-state index in [4.69, 9.17) is 10.4 Å². The quantitative estimate of drug-likeness (QED) is 0.514. The van der Waals surface area contributed by atoms with Crippen molar-refractivity contribution in [1.29, 1.82) is 5.26 Å². The third-order valence-electron chi connectivity index (χ3n) is 4.38. The molecule has 0 unspecified atom stereocenters. The number of carbonyl (C=O) groups excluding carboxylic acids is 1. The maximum atomic E-state index is 12.3. The van der Waals surface area contributed by atoms with E-state index >= 15 is 0 Å². The Balaban J connectivity index is 1.79. The van der Waals surface area contributed by atoms with Gasteiger partial charge in [-0.15, -0.1) is 0 Å². The molecule has 0 aliphatic heterocycles. The Hall–Kier alpha value is -2.87. The minimum atomic E-state index is -3.82. The van der Waals surface area contributed by atoms with Crippen LogP contribution in [0.1, 0.15) is 25.3 Å². The lowest BCUT2D eigenvalue weighted by Gasteiger charge is -2.09. The van der Waals surface area contributed by atoms with E-state index in [1.807, 2.05) is 10.6 Å². The lowest BCUT2D eigenvalue weighted by Crippen LogP contribution is -2.14. The average molecular weight is 444 g/mol. The second-order valence-corrected chi connectivity index (χ2v) is 9.13. The monoisotopic (exact) mass is 443 g/mol. The van der Waals surface area contributed by atoms with Gasteiger partial charge in [0.1, 0.15) is 0 Å². The summed E-state index contributed by atoms with van der Waals surface area (Å²) in [5.74, 6) is -0.0682. The standard InChI is InChI=1S/C20H21N5O3S2/c1-2-3-10-25-18-9-8-16(30(22,27)28)11-17(18)24-20(25)29-13-19(26)23-15-6-4-14(12-21)5-7-15/h4-9,11H,2-3,10,13H2,1H3,(H,23,26)(H2,22,27,28). The summed E-state index contributed by atoms with van der Waals surface area (Å²) < 4.78 is 25.3. The van der Waals surface area contributed by atoms with Crippen molar-refractivity contribution in [3.05, 3.63) is 48.0 Å². The van der Waals surface area contributed by atoms with Crippen LogP contribution in [0.5, 0.6) is 0 Å². The van der Waals surface area contributed by atoms with Gasteiger partial charge in [-0.05, 0) is 48.9 Å². The Morgan fingerprint density at radius 1 is 1.27 bits per heavy atom. The van der Waals surface area contributed by atoms with E-state index in [2.05, 4.69) is 17.2 Å². The number of nitrogens with zero attached hydrogens (tertiary/aromatic N) is 3. The first kappa shape index (κ1) is 21.8. The van der Waals surface area contributed by atoms with Gasteiger partial charge in [0.25, 0.3) is 0 Å². The molecule has 0 saturated carbocycles. The number of primary sulfonamides is 1. The van der Waals surface area contributed by atoms with Gasteiger partial charge in [0.15, 0.2) is 5.16 Å². The molecule has 3 N–H and O–H groups in total. The van der Waals surface area contributed by atoms with Crippen LogP contribution in [-0.2, 0) is 21.4 Å². The number of nitrogens with one attached hydrogen (secondary N) is 1. The molecule has 0 radical (unpaired) electrons. The topological polar surface area (TPSA) is 131 Å². The number of anilines is 1.